The Labute approximate surface area is 62.8 Å². The van der Waals surface area contributed by atoms with E-state index in [9.17, 15) is 4.79 Å². The van der Waals surface area contributed by atoms with E-state index in [4.69, 9.17) is 0 Å². The number of nitrogens with one attached hydrogen (secondary N) is 1. The Morgan fingerprint density at radius 2 is 2.20 bits per heavy atom. The lowest BCUT2D eigenvalue weighted by Crippen LogP contribution is -2.34. The second-order valence-corrected chi connectivity index (χ2v) is 1.77. The lowest BCUT2D eigenvalue weighted by molar-refractivity contribution is -0.143. The van der Waals surface area contributed by atoms with Gasteiger partial charge in [0.1, 0.15) is 6.04 Å². The van der Waals surface area contributed by atoms with Crippen LogP contribution in [0.25, 0.3) is 0 Å². The molecule has 0 aliphatic heterocycles. The normalized spacial score (nSPS) is 11.5. The van der Waals surface area contributed by atoms with Crippen molar-refractivity contribution in [3.05, 3.63) is 0 Å². The Balaban J connectivity index is 0. The van der Waals surface area contributed by atoms with Crippen molar-refractivity contribution in [1.82, 2.24) is 5.32 Å². The molecule has 0 saturated heterocycles. The third kappa shape index (κ3) is 3.45. The van der Waals surface area contributed by atoms with Crippen molar-refractivity contribution in [3.8, 4) is 0 Å². The Hall–Kier alpha value is -0.570. The van der Waals surface area contributed by atoms with Gasteiger partial charge in [0.2, 0.25) is 0 Å². The van der Waals surface area contributed by atoms with Crippen LogP contribution >= 0.6 is 0 Å². The molecule has 3 nitrogen and oxygen atoms in total. The van der Waals surface area contributed by atoms with Crippen LogP contribution in [-0.2, 0) is 9.53 Å². The van der Waals surface area contributed by atoms with Crippen LogP contribution in [0.5, 0.6) is 0 Å². The molecule has 0 amide bonds. The maximum Gasteiger partial charge on any atom is 0.322 e. The quantitative estimate of drug-likeness (QED) is 0.600. The van der Waals surface area contributed by atoms with Gasteiger partial charge in [0.25, 0.3) is 0 Å². The van der Waals surface area contributed by atoms with Gasteiger partial charge < -0.3 is 10.1 Å². The number of esters is 1. The first-order valence-corrected chi connectivity index (χ1v) is 3.01. The molecule has 0 saturated carbocycles. The van der Waals surface area contributed by atoms with Crippen LogP contribution in [-0.4, -0.2) is 26.2 Å². The van der Waals surface area contributed by atoms with Crippen molar-refractivity contribution < 1.29 is 9.53 Å². The Kier molecular flexibility index (Phi) is 7.95. The molecule has 0 aliphatic carbocycles. The van der Waals surface area contributed by atoms with Crippen LogP contribution in [0.2, 0.25) is 0 Å². The molecule has 3 heteroatoms. The summed E-state index contributed by atoms with van der Waals surface area (Å²) in [5, 5.41) is 2.83. The summed E-state index contributed by atoms with van der Waals surface area (Å²) >= 11 is 0. The van der Waals surface area contributed by atoms with Crippen molar-refractivity contribution in [1.29, 1.82) is 0 Å². The molecule has 1 unspecified atom stereocenters. The van der Waals surface area contributed by atoms with Gasteiger partial charge in [-0.15, -0.1) is 0 Å². The summed E-state index contributed by atoms with van der Waals surface area (Å²) in [6.07, 6.45) is 0.767. The Morgan fingerprint density at radius 3 is 2.30 bits per heavy atom. The summed E-state index contributed by atoms with van der Waals surface area (Å²) in [5.41, 5.74) is 0. The number of carbonyl (C=O) groups is 1. The van der Waals surface area contributed by atoms with Gasteiger partial charge in [0.05, 0.1) is 7.11 Å². The highest BCUT2D eigenvalue weighted by atomic mass is 16.5. The van der Waals surface area contributed by atoms with Crippen molar-refractivity contribution in [2.75, 3.05) is 14.2 Å². The summed E-state index contributed by atoms with van der Waals surface area (Å²) in [6, 6.07) is -0.144. The van der Waals surface area contributed by atoms with E-state index in [0.717, 1.165) is 6.42 Å². The first-order chi connectivity index (χ1) is 4.26. The minimum absolute atomic E-state index is 0. The largest absolute Gasteiger partial charge is 0.468 e. The van der Waals surface area contributed by atoms with E-state index < -0.39 is 0 Å². The van der Waals surface area contributed by atoms with E-state index in [2.05, 4.69) is 10.1 Å². The zero-order valence-corrected chi connectivity index (χ0v) is 6.10. The minimum Gasteiger partial charge on any atom is -0.468 e. The zero-order chi connectivity index (χ0) is 7.28. The predicted octanol–water partition coefficient (Wildman–Crippen LogP) is 0.793. The molecule has 0 aromatic rings. The topological polar surface area (TPSA) is 38.3 Å². The SMILES string of the molecule is C.CCC(NC)C(=O)OC. The molecule has 0 radical (unpaired) electrons. The van der Waals surface area contributed by atoms with Crippen molar-refractivity contribution in [2.45, 2.75) is 26.8 Å². The lowest BCUT2D eigenvalue weighted by atomic mass is 10.2. The molecule has 1 atom stereocenters. The molecule has 0 aromatic carbocycles. The molecule has 0 aromatic heterocycles. The summed E-state index contributed by atoms with van der Waals surface area (Å²) < 4.78 is 4.49. The molecule has 0 aliphatic rings. The summed E-state index contributed by atoms with van der Waals surface area (Å²) in [7, 11) is 3.13. The number of rotatable bonds is 3. The van der Waals surface area contributed by atoms with E-state index in [1.54, 1.807) is 7.05 Å². The van der Waals surface area contributed by atoms with Gasteiger partial charge in [0, 0.05) is 0 Å². The number of carbonyl (C=O) groups excluding carboxylic acids is 1. The van der Waals surface area contributed by atoms with Gasteiger partial charge in [-0.25, -0.2) is 0 Å². The van der Waals surface area contributed by atoms with Crippen LogP contribution in [0.3, 0.4) is 0 Å². The molecule has 0 fully saturated rings. The molecule has 10 heavy (non-hydrogen) atoms. The van der Waals surface area contributed by atoms with E-state index in [0.29, 0.717) is 0 Å². The highest BCUT2D eigenvalue weighted by molar-refractivity contribution is 5.75. The van der Waals surface area contributed by atoms with Gasteiger partial charge in [-0.1, -0.05) is 14.4 Å². The third-order valence-electron chi connectivity index (χ3n) is 1.24. The molecule has 0 spiro atoms. The van der Waals surface area contributed by atoms with Crippen molar-refractivity contribution in [2.24, 2.45) is 0 Å². The highest BCUT2D eigenvalue weighted by Gasteiger charge is 2.12. The number of methoxy groups -OCH3 is 1. The monoisotopic (exact) mass is 147 g/mol. The second-order valence-electron chi connectivity index (χ2n) is 1.77. The molecule has 62 valence electrons. The van der Waals surface area contributed by atoms with Crippen LogP contribution in [0.1, 0.15) is 20.8 Å². The van der Waals surface area contributed by atoms with Gasteiger partial charge in [-0.2, -0.15) is 0 Å². The summed E-state index contributed by atoms with van der Waals surface area (Å²) in [5.74, 6) is -0.194. The van der Waals surface area contributed by atoms with Crippen LogP contribution in [0.4, 0.5) is 0 Å². The fraction of sp³-hybridized carbons (Fsp3) is 0.857. The third-order valence-corrected chi connectivity index (χ3v) is 1.24. The average molecular weight is 147 g/mol. The van der Waals surface area contributed by atoms with Gasteiger partial charge in [-0.3, -0.25) is 4.79 Å². The molecule has 0 bridgehead atoms. The van der Waals surface area contributed by atoms with Crippen molar-refractivity contribution in [3.63, 3.8) is 0 Å². The van der Waals surface area contributed by atoms with Crippen LogP contribution in [0.15, 0.2) is 0 Å². The Bertz CT molecular complexity index is 89.6. The maximum atomic E-state index is 10.7. The summed E-state index contributed by atoms with van der Waals surface area (Å²) in [4.78, 5) is 10.7. The maximum absolute atomic E-state index is 10.7. The summed E-state index contributed by atoms with van der Waals surface area (Å²) in [6.45, 7) is 1.93. The first kappa shape index (κ1) is 12.1. The van der Waals surface area contributed by atoms with Gasteiger partial charge >= 0.3 is 5.97 Å². The van der Waals surface area contributed by atoms with Crippen LogP contribution in [0, 0.1) is 0 Å². The highest BCUT2D eigenvalue weighted by Crippen LogP contribution is 1.90. The van der Waals surface area contributed by atoms with Crippen molar-refractivity contribution >= 4 is 5.97 Å². The van der Waals surface area contributed by atoms with E-state index in [-0.39, 0.29) is 19.4 Å². The molecular weight excluding hydrogens is 130 g/mol. The number of likely N-dealkylation sites (N-methyl/N-ethyl adjacent to an activating group) is 1. The Morgan fingerprint density at radius 1 is 1.70 bits per heavy atom. The second kappa shape index (κ2) is 6.55. The number of hydrogen-bond donors (Lipinski definition) is 1. The molecule has 0 rings (SSSR count). The van der Waals surface area contributed by atoms with E-state index in [1.165, 1.54) is 7.11 Å². The molecular formula is C7H17NO2. The smallest absolute Gasteiger partial charge is 0.322 e. The number of hydrogen-bond acceptors (Lipinski definition) is 3. The zero-order valence-electron chi connectivity index (χ0n) is 6.10. The standard InChI is InChI=1S/C6H13NO2.CH4/c1-4-5(7-2)6(8)9-3;/h5,7H,4H2,1-3H3;1H4. The predicted molar refractivity (Wildman–Crippen MR) is 41.9 cm³/mol. The van der Waals surface area contributed by atoms with Gasteiger partial charge in [-0.05, 0) is 13.5 Å². The molecule has 0 heterocycles. The van der Waals surface area contributed by atoms with Crippen LogP contribution < -0.4 is 5.32 Å². The fourth-order valence-corrected chi connectivity index (χ4v) is 0.631. The van der Waals surface area contributed by atoms with Gasteiger partial charge in [0.15, 0.2) is 0 Å². The average Bonchev–Trinajstić information content (AvgIpc) is 1.90. The van der Waals surface area contributed by atoms with E-state index >= 15 is 0 Å². The first-order valence-electron chi connectivity index (χ1n) is 3.01. The molecule has 1 N–H and O–H groups in total. The fourth-order valence-electron chi connectivity index (χ4n) is 0.631. The minimum atomic E-state index is -0.194. The lowest BCUT2D eigenvalue weighted by Gasteiger charge is -2.09. The number of ether oxygens (including phenoxy) is 1. The van der Waals surface area contributed by atoms with E-state index in [1.807, 2.05) is 6.92 Å².